The first-order valence-electron chi connectivity index (χ1n) is 8.64. The van der Waals surface area contributed by atoms with Crippen LogP contribution in [0.5, 0.6) is 0 Å². The maximum atomic E-state index is 13.4. The average Bonchev–Trinajstić information content (AvgIpc) is 3.06. The van der Waals surface area contributed by atoms with Gasteiger partial charge in [-0.3, -0.25) is 0 Å². The fourth-order valence-electron chi connectivity index (χ4n) is 3.29. The van der Waals surface area contributed by atoms with Crippen molar-refractivity contribution in [1.82, 2.24) is 19.8 Å². The zero-order valence-corrected chi connectivity index (χ0v) is 15.3. The van der Waals surface area contributed by atoms with Crippen LogP contribution in [0, 0.1) is 5.82 Å². The summed E-state index contributed by atoms with van der Waals surface area (Å²) in [6.07, 6.45) is 2.57. The molecule has 1 amide bonds. The Morgan fingerprint density at radius 2 is 2.15 bits per heavy atom. The summed E-state index contributed by atoms with van der Waals surface area (Å²) in [5.41, 5.74) is 1.52. The summed E-state index contributed by atoms with van der Waals surface area (Å²) in [5, 5.41) is 12.3. The van der Waals surface area contributed by atoms with Crippen LogP contribution in [-0.4, -0.2) is 52.3 Å². The molecule has 0 aliphatic carbocycles. The number of aromatic nitrogens is 2. The van der Waals surface area contributed by atoms with Crippen molar-refractivity contribution in [1.29, 1.82) is 0 Å². The fraction of sp³-hybridized carbons (Fsp3) is 0.444. The lowest BCUT2D eigenvalue weighted by Gasteiger charge is -2.29. The van der Waals surface area contributed by atoms with Crippen LogP contribution in [-0.2, 0) is 6.54 Å². The van der Waals surface area contributed by atoms with Gasteiger partial charge in [0.2, 0.25) is 0 Å². The molecule has 2 heterocycles. The maximum absolute atomic E-state index is 13.4. The summed E-state index contributed by atoms with van der Waals surface area (Å²) >= 11 is 5.91. The summed E-state index contributed by atoms with van der Waals surface area (Å²) in [4.78, 5) is 17.3. The van der Waals surface area contributed by atoms with E-state index in [2.05, 4.69) is 9.88 Å². The van der Waals surface area contributed by atoms with Gasteiger partial charge in [-0.15, -0.1) is 0 Å². The SMILES string of the molecule is CNCCn1cc(-c2ccc(F)c(Cl)c2)nc1C1CCN(C(=O)O)CC1. The van der Waals surface area contributed by atoms with Crippen LogP contribution in [0.4, 0.5) is 9.18 Å². The molecule has 1 saturated heterocycles. The van der Waals surface area contributed by atoms with Gasteiger partial charge in [0.1, 0.15) is 11.6 Å². The number of likely N-dealkylation sites (N-methyl/N-ethyl adjacent to an activating group) is 1. The topological polar surface area (TPSA) is 70.4 Å². The molecule has 0 unspecified atom stereocenters. The number of amides is 1. The van der Waals surface area contributed by atoms with E-state index in [9.17, 15) is 9.18 Å². The minimum absolute atomic E-state index is 0.0728. The van der Waals surface area contributed by atoms with Gasteiger partial charge in [-0.1, -0.05) is 11.6 Å². The van der Waals surface area contributed by atoms with Crippen molar-refractivity contribution in [3.05, 3.63) is 41.1 Å². The lowest BCUT2D eigenvalue weighted by molar-refractivity contribution is 0.131. The standard InChI is InChI=1S/C18H22ClFN4O2/c1-21-6-9-24-11-16(13-2-3-15(20)14(19)10-13)22-17(24)12-4-7-23(8-5-12)18(25)26/h2-3,10-12,21H,4-9H2,1H3,(H,25,26). The van der Waals surface area contributed by atoms with Crippen molar-refractivity contribution in [3.63, 3.8) is 0 Å². The van der Waals surface area contributed by atoms with Crippen molar-refractivity contribution in [2.24, 2.45) is 0 Å². The normalized spacial score (nSPS) is 15.4. The zero-order chi connectivity index (χ0) is 18.7. The Balaban J connectivity index is 1.87. The Kier molecular flexibility index (Phi) is 5.78. The van der Waals surface area contributed by atoms with E-state index in [-0.39, 0.29) is 10.9 Å². The number of hydrogen-bond acceptors (Lipinski definition) is 3. The maximum Gasteiger partial charge on any atom is 0.407 e. The quantitative estimate of drug-likeness (QED) is 0.833. The third-order valence-corrected chi connectivity index (χ3v) is 5.05. The third-order valence-electron chi connectivity index (χ3n) is 4.76. The van der Waals surface area contributed by atoms with E-state index < -0.39 is 11.9 Å². The summed E-state index contributed by atoms with van der Waals surface area (Å²) in [5.74, 6) is 0.694. The van der Waals surface area contributed by atoms with E-state index in [1.165, 1.54) is 11.0 Å². The number of nitrogens with zero attached hydrogens (tertiary/aromatic N) is 3. The number of nitrogens with one attached hydrogen (secondary N) is 1. The van der Waals surface area contributed by atoms with Gasteiger partial charge in [-0.2, -0.15) is 0 Å². The smallest absolute Gasteiger partial charge is 0.407 e. The van der Waals surface area contributed by atoms with Crippen LogP contribution in [0.1, 0.15) is 24.6 Å². The molecule has 140 valence electrons. The van der Waals surface area contributed by atoms with Gasteiger partial charge >= 0.3 is 6.09 Å². The highest BCUT2D eigenvalue weighted by Crippen LogP contribution is 2.31. The molecule has 2 N–H and O–H groups in total. The first-order valence-corrected chi connectivity index (χ1v) is 9.02. The molecule has 0 radical (unpaired) electrons. The van der Waals surface area contributed by atoms with Crippen molar-refractivity contribution in [2.75, 3.05) is 26.7 Å². The number of hydrogen-bond donors (Lipinski definition) is 2. The van der Waals surface area contributed by atoms with Crippen molar-refractivity contribution >= 4 is 17.7 Å². The lowest BCUT2D eigenvalue weighted by Crippen LogP contribution is -2.37. The van der Waals surface area contributed by atoms with Crippen molar-refractivity contribution in [3.8, 4) is 11.3 Å². The third kappa shape index (κ3) is 3.99. The van der Waals surface area contributed by atoms with Gasteiger partial charge in [0.25, 0.3) is 0 Å². The lowest BCUT2D eigenvalue weighted by atomic mass is 9.96. The second-order valence-corrected chi connectivity index (χ2v) is 6.86. The highest BCUT2D eigenvalue weighted by atomic mass is 35.5. The number of likely N-dealkylation sites (tertiary alicyclic amines) is 1. The van der Waals surface area contributed by atoms with E-state index in [0.29, 0.717) is 13.1 Å². The van der Waals surface area contributed by atoms with E-state index in [1.807, 2.05) is 13.2 Å². The number of carbonyl (C=O) groups is 1. The molecule has 0 spiro atoms. The number of piperidine rings is 1. The summed E-state index contributed by atoms with van der Waals surface area (Å²) in [6.45, 7) is 2.57. The van der Waals surface area contributed by atoms with Crippen LogP contribution in [0.25, 0.3) is 11.3 Å². The summed E-state index contributed by atoms with van der Waals surface area (Å²) in [7, 11) is 1.89. The molecule has 0 saturated carbocycles. The first-order chi connectivity index (χ1) is 12.5. The number of rotatable bonds is 5. The molecule has 1 aliphatic heterocycles. The monoisotopic (exact) mass is 380 g/mol. The van der Waals surface area contributed by atoms with Crippen LogP contribution in [0.3, 0.4) is 0 Å². The zero-order valence-electron chi connectivity index (χ0n) is 14.6. The summed E-state index contributed by atoms with van der Waals surface area (Å²) in [6, 6.07) is 4.59. The molecule has 1 aliphatic rings. The number of halogens is 2. The van der Waals surface area contributed by atoms with E-state index in [4.69, 9.17) is 21.7 Å². The Bertz CT molecular complexity index is 787. The Labute approximate surface area is 156 Å². The van der Waals surface area contributed by atoms with Crippen LogP contribution >= 0.6 is 11.6 Å². The second-order valence-electron chi connectivity index (χ2n) is 6.45. The van der Waals surface area contributed by atoms with Crippen LogP contribution in [0.15, 0.2) is 24.4 Å². The molecular formula is C18H22ClFN4O2. The second kappa shape index (κ2) is 8.05. The molecular weight excluding hydrogens is 359 g/mol. The molecule has 26 heavy (non-hydrogen) atoms. The molecule has 2 aromatic rings. The van der Waals surface area contributed by atoms with Crippen LogP contribution < -0.4 is 5.32 Å². The fourth-order valence-corrected chi connectivity index (χ4v) is 3.47. The average molecular weight is 381 g/mol. The molecule has 0 atom stereocenters. The highest BCUT2D eigenvalue weighted by molar-refractivity contribution is 6.31. The van der Waals surface area contributed by atoms with Crippen molar-refractivity contribution in [2.45, 2.75) is 25.3 Å². The molecule has 6 nitrogen and oxygen atoms in total. The molecule has 1 aromatic heterocycles. The largest absolute Gasteiger partial charge is 0.465 e. The number of carboxylic acid groups (broad SMARTS) is 1. The highest BCUT2D eigenvalue weighted by Gasteiger charge is 2.27. The van der Waals surface area contributed by atoms with Gasteiger partial charge in [0.05, 0.1) is 10.7 Å². The van der Waals surface area contributed by atoms with Gasteiger partial charge in [-0.25, -0.2) is 14.2 Å². The predicted octanol–water partition coefficient (Wildman–Crippen LogP) is 3.42. The Hall–Kier alpha value is -2.12. The molecule has 8 heteroatoms. The van der Waals surface area contributed by atoms with E-state index in [0.717, 1.165) is 43.0 Å². The van der Waals surface area contributed by atoms with Gasteiger partial charge in [-0.05, 0) is 38.1 Å². The molecule has 1 aromatic carbocycles. The number of imidazole rings is 1. The molecule has 1 fully saturated rings. The minimum Gasteiger partial charge on any atom is -0.465 e. The van der Waals surface area contributed by atoms with Crippen molar-refractivity contribution < 1.29 is 14.3 Å². The predicted molar refractivity (Wildman–Crippen MR) is 98.1 cm³/mol. The molecule has 3 rings (SSSR count). The van der Waals surface area contributed by atoms with Gasteiger partial charge in [0.15, 0.2) is 0 Å². The Morgan fingerprint density at radius 3 is 2.77 bits per heavy atom. The molecule has 0 bridgehead atoms. The van der Waals surface area contributed by atoms with Crippen LogP contribution in [0.2, 0.25) is 5.02 Å². The Morgan fingerprint density at radius 1 is 1.42 bits per heavy atom. The van der Waals surface area contributed by atoms with E-state index in [1.54, 1.807) is 12.1 Å². The number of benzene rings is 1. The summed E-state index contributed by atoms with van der Waals surface area (Å²) < 4.78 is 15.5. The van der Waals surface area contributed by atoms with Gasteiger partial charge in [0, 0.05) is 43.9 Å². The van der Waals surface area contributed by atoms with E-state index >= 15 is 0 Å². The first kappa shape index (κ1) is 18.7. The minimum atomic E-state index is -0.872. The van der Waals surface area contributed by atoms with Gasteiger partial charge < -0.3 is 19.9 Å².